The molecule has 4 aromatic rings. The molecule has 1 aliphatic rings. The Labute approximate surface area is 187 Å². The number of benzene rings is 2. The third-order valence-electron chi connectivity index (χ3n) is 5.51. The Kier molecular flexibility index (Phi) is 5.59. The van der Waals surface area contributed by atoms with Crippen molar-refractivity contribution in [1.82, 2.24) is 19.5 Å². The van der Waals surface area contributed by atoms with Gasteiger partial charge in [0.25, 0.3) is 0 Å². The van der Waals surface area contributed by atoms with E-state index in [-0.39, 0.29) is 12.0 Å². The molecule has 0 spiro atoms. The quantitative estimate of drug-likeness (QED) is 0.421. The van der Waals surface area contributed by atoms with Crippen LogP contribution in [0.3, 0.4) is 0 Å². The molecule has 3 heterocycles. The first-order valence-corrected chi connectivity index (χ1v) is 10.6. The molecule has 0 bridgehead atoms. The summed E-state index contributed by atoms with van der Waals surface area (Å²) >= 11 is 0. The van der Waals surface area contributed by atoms with Gasteiger partial charge in [-0.3, -0.25) is 4.57 Å². The summed E-state index contributed by atoms with van der Waals surface area (Å²) in [5.41, 5.74) is 2.41. The molecule has 0 aliphatic carbocycles. The van der Waals surface area contributed by atoms with E-state index in [4.69, 9.17) is 4.74 Å². The predicted octanol–water partition coefficient (Wildman–Crippen LogP) is 5.39. The predicted molar refractivity (Wildman–Crippen MR) is 118 cm³/mol. The Morgan fingerprint density at radius 3 is 2.48 bits per heavy atom. The van der Waals surface area contributed by atoms with Crippen molar-refractivity contribution in [3.8, 4) is 0 Å². The summed E-state index contributed by atoms with van der Waals surface area (Å²) in [7, 11) is 0. The number of hydrogen-bond acceptors (Lipinski definition) is 6. The van der Waals surface area contributed by atoms with Crippen LogP contribution in [0.5, 0.6) is 0 Å². The molecule has 0 amide bonds. The number of imidazole rings is 1. The van der Waals surface area contributed by atoms with Crippen LogP contribution in [0, 0.1) is 24.4 Å². The number of anilines is 4. The number of halogens is 3. The van der Waals surface area contributed by atoms with E-state index < -0.39 is 23.1 Å². The fourth-order valence-corrected chi connectivity index (χ4v) is 3.95. The van der Waals surface area contributed by atoms with Gasteiger partial charge in [-0.05, 0) is 37.5 Å². The number of nitrogens with zero attached hydrogens (tertiary/aromatic N) is 4. The summed E-state index contributed by atoms with van der Waals surface area (Å²) in [5.74, 6) is -2.53. The lowest BCUT2D eigenvalue weighted by Gasteiger charge is -2.25. The molecule has 7 nitrogen and oxygen atoms in total. The smallest absolute Gasteiger partial charge is 0.229 e. The molecule has 0 atom stereocenters. The van der Waals surface area contributed by atoms with E-state index in [1.165, 1.54) is 0 Å². The van der Waals surface area contributed by atoms with Gasteiger partial charge in [0.1, 0.15) is 17.0 Å². The van der Waals surface area contributed by atoms with Crippen molar-refractivity contribution in [1.29, 1.82) is 0 Å². The maximum absolute atomic E-state index is 14.3. The maximum Gasteiger partial charge on any atom is 0.229 e. The second kappa shape index (κ2) is 8.70. The zero-order valence-corrected chi connectivity index (χ0v) is 17.8. The van der Waals surface area contributed by atoms with E-state index in [0.717, 1.165) is 11.3 Å². The average molecular weight is 454 g/mol. The zero-order chi connectivity index (χ0) is 22.9. The van der Waals surface area contributed by atoms with Crippen LogP contribution in [0.4, 0.5) is 36.4 Å². The Balaban J connectivity index is 1.58. The molecule has 5 rings (SSSR count). The Morgan fingerprint density at radius 1 is 1.00 bits per heavy atom. The fourth-order valence-electron chi connectivity index (χ4n) is 3.95. The monoisotopic (exact) mass is 454 g/mol. The highest BCUT2D eigenvalue weighted by Gasteiger charge is 2.25. The summed E-state index contributed by atoms with van der Waals surface area (Å²) in [4.78, 5) is 13.5. The number of nitrogens with one attached hydrogen (secondary N) is 2. The SMILES string of the molecule is Cc1cccc(Nc2ncc3nc(Nc4c(F)cc(F)cc4F)n(C4CCOCC4)c3n2)c1. The lowest BCUT2D eigenvalue weighted by molar-refractivity contribution is 0.0710. The molecular formula is C23H21F3N6O. The summed E-state index contributed by atoms with van der Waals surface area (Å²) in [6.07, 6.45) is 2.91. The molecule has 2 aromatic carbocycles. The first kappa shape index (κ1) is 21.2. The summed E-state index contributed by atoms with van der Waals surface area (Å²) in [6.45, 7) is 3.08. The van der Waals surface area contributed by atoms with Crippen LogP contribution in [0.15, 0.2) is 42.6 Å². The van der Waals surface area contributed by atoms with Crippen LogP contribution in [0.2, 0.25) is 0 Å². The highest BCUT2D eigenvalue weighted by Crippen LogP contribution is 2.33. The Hall–Kier alpha value is -3.66. The van der Waals surface area contributed by atoms with Crippen molar-refractivity contribution in [3.63, 3.8) is 0 Å². The molecule has 1 aliphatic heterocycles. The van der Waals surface area contributed by atoms with Crippen LogP contribution in [0.25, 0.3) is 11.2 Å². The lowest BCUT2D eigenvalue weighted by atomic mass is 10.1. The van der Waals surface area contributed by atoms with Crippen LogP contribution < -0.4 is 10.6 Å². The van der Waals surface area contributed by atoms with Crippen molar-refractivity contribution in [2.75, 3.05) is 23.8 Å². The van der Waals surface area contributed by atoms with Gasteiger partial charge < -0.3 is 15.4 Å². The van der Waals surface area contributed by atoms with Crippen molar-refractivity contribution >= 4 is 34.4 Å². The number of rotatable bonds is 5. The molecule has 170 valence electrons. The van der Waals surface area contributed by atoms with E-state index in [1.807, 2.05) is 35.8 Å². The van der Waals surface area contributed by atoms with Crippen molar-refractivity contribution in [3.05, 3.63) is 65.6 Å². The highest BCUT2D eigenvalue weighted by atomic mass is 19.1. The summed E-state index contributed by atoms with van der Waals surface area (Å²) in [5, 5.41) is 5.89. The molecule has 1 fully saturated rings. The van der Waals surface area contributed by atoms with E-state index in [2.05, 4.69) is 25.6 Å². The third-order valence-corrected chi connectivity index (χ3v) is 5.51. The molecule has 2 aromatic heterocycles. The fraction of sp³-hybridized carbons (Fsp3) is 0.261. The standard InChI is InChI=1S/C23H21F3N6O/c1-13-3-2-4-15(9-13)28-22-27-12-19-21(31-22)32(16-5-7-33-8-6-16)23(29-19)30-20-17(25)10-14(24)11-18(20)26/h2-4,9-12,16H,5-8H2,1H3,(H,29,30)(H,27,28,31). The van der Waals surface area contributed by atoms with Gasteiger partial charge in [-0.15, -0.1) is 0 Å². The Morgan fingerprint density at radius 2 is 1.76 bits per heavy atom. The minimum Gasteiger partial charge on any atom is -0.381 e. The van der Waals surface area contributed by atoms with Crippen molar-refractivity contribution < 1.29 is 17.9 Å². The molecule has 33 heavy (non-hydrogen) atoms. The topological polar surface area (TPSA) is 76.9 Å². The number of hydrogen-bond donors (Lipinski definition) is 2. The van der Waals surface area contributed by atoms with Gasteiger partial charge in [0.05, 0.1) is 6.20 Å². The van der Waals surface area contributed by atoms with Gasteiger partial charge in [-0.25, -0.2) is 23.1 Å². The average Bonchev–Trinajstić information content (AvgIpc) is 3.14. The van der Waals surface area contributed by atoms with Crippen molar-refractivity contribution in [2.24, 2.45) is 0 Å². The van der Waals surface area contributed by atoms with E-state index in [0.29, 0.717) is 55.3 Å². The van der Waals surface area contributed by atoms with E-state index in [9.17, 15) is 13.2 Å². The number of ether oxygens (including phenoxy) is 1. The zero-order valence-electron chi connectivity index (χ0n) is 17.8. The molecule has 2 N–H and O–H groups in total. The van der Waals surface area contributed by atoms with Crippen LogP contribution in [-0.2, 0) is 4.74 Å². The highest BCUT2D eigenvalue weighted by molar-refractivity contribution is 5.77. The molecule has 10 heteroatoms. The van der Waals surface area contributed by atoms with Crippen LogP contribution in [-0.4, -0.2) is 32.7 Å². The number of fused-ring (bicyclic) bond motifs is 1. The molecule has 0 unspecified atom stereocenters. The normalized spacial score (nSPS) is 14.5. The van der Waals surface area contributed by atoms with Crippen LogP contribution in [0.1, 0.15) is 24.4 Å². The van der Waals surface area contributed by atoms with Crippen molar-refractivity contribution in [2.45, 2.75) is 25.8 Å². The van der Waals surface area contributed by atoms with Crippen LogP contribution >= 0.6 is 0 Å². The number of aryl methyl sites for hydroxylation is 1. The molecule has 1 saturated heterocycles. The minimum atomic E-state index is -1.05. The summed E-state index contributed by atoms with van der Waals surface area (Å²) in [6, 6.07) is 8.98. The third kappa shape index (κ3) is 4.34. The summed E-state index contributed by atoms with van der Waals surface area (Å²) < 4.78 is 49.3. The maximum atomic E-state index is 14.3. The van der Waals surface area contributed by atoms with Gasteiger partial charge in [0.2, 0.25) is 11.9 Å². The van der Waals surface area contributed by atoms with Gasteiger partial charge in [0.15, 0.2) is 17.3 Å². The molecule has 0 saturated carbocycles. The second-order valence-electron chi connectivity index (χ2n) is 7.92. The van der Waals surface area contributed by atoms with E-state index in [1.54, 1.807) is 6.20 Å². The minimum absolute atomic E-state index is 0.0560. The lowest BCUT2D eigenvalue weighted by Crippen LogP contribution is -2.21. The van der Waals surface area contributed by atoms with Gasteiger partial charge in [0, 0.05) is 37.1 Å². The Bertz CT molecular complexity index is 1300. The first-order valence-electron chi connectivity index (χ1n) is 10.6. The largest absolute Gasteiger partial charge is 0.381 e. The second-order valence-corrected chi connectivity index (χ2v) is 7.92. The number of aromatic nitrogens is 4. The van der Waals surface area contributed by atoms with Gasteiger partial charge in [-0.1, -0.05) is 12.1 Å². The first-order chi connectivity index (χ1) is 16.0. The van der Waals surface area contributed by atoms with E-state index >= 15 is 0 Å². The van der Waals surface area contributed by atoms with Gasteiger partial charge in [-0.2, -0.15) is 4.98 Å². The molecule has 0 radical (unpaired) electrons. The van der Waals surface area contributed by atoms with Gasteiger partial charge >= 0.3 is 0 Å². The molecular weight excluding hydrogens is 433 g/mol.